The number of carbonyl (C=O) groups excluding carboxylic acids is 2. The fraction of sp³-hybridized carbons (Fsp3) is 0.440. The Morgan fingerprint density at radius 3 is 2.48 bits per heavy atom. The number of methoxy groups -OCH3 is 1. The summed E-state index contributed by atoms with van der Waals surface area (Å²) in [5.41, 5.74) is 3.04. The second-order valence-corrected chi connectivity index (χ2v) is 8.70. The molecule has 2 amide bonds. The highest BCUT2D eigenvalue weighted by molar-refractivity contribution is 6.01. The van der Waals surface area contributed by atoms with Crippen LogP contribution in [0.1, 0.15) is 35.7 Å². The van der Waals surface area contributed by atoms with E-state index in [1.165, 1.54) is 26.0 Å². The van der Waals surface area contributed by atoms with Gasteiger partial charge in [-0.2, -0.15) is 0 Å². The van der Waals surface area contributed by atoms with Crippen molar-refractivity contribution < 1.29 is 18.7 Å². The Labute approximate surface area is 193 Å². The van der Waals surface area contributed by atoms with Crippen molar-refractivity contribution in [1.82, 2.24) is 10.2 Å². The zero-order valence-electron chi connectivity index (χ0n) is 19.2. The van der Waals surface area contributed by atoms with E-state index in [-0.39, 0.29) is 17.6 Å². The molecule has 0 atom stereocenters. The van der Waals surface area contributed by atoms with Crippen LogP contribution in [0.5, 0.6) is 5.75 Å². The number of hydrogen-bond donors (Lipinski definition) is 2. The fourth-order valence-corrected chi connectivity index (χ4v) is 4.04. The topological polar surface area (TPSA) is 73.9 Å². The molecule has 8 heteroatoms. The van der Waals surface area contributed by atoms with Crippen LogP contribution >= 0.6 is 0 Å². The van der Waals surface area contributed by atoms with E-state index in [0.717, 1.165) is 16.9 Å². The number of hydrogen-bond acceptors (Lipinski definition) is 5. The summed E-state index contributed by atoms with van der Waals surface area (Å²) in [7, 11) is 1.44. The van der Waals surface area contributed by atoms with Crippen LogP contribution in [0.2, 0.25) is 0 Å². The van der Waals surface area contributed by atoms with Crippen molar-refractivity contribution in [2.45, 2.75) is 26.3 Å². The van der Waals surface area contributed by atoms with Crippen molar-refractivity contribution in [3.63, 3.8) is 0 Å². The number of halogens is 1. The van der Waals surface area contributed by atoms with Crippen molar-refractivity contribution in [3.8, 4) is 5.75 Å². The number of amides is 2. The summed E-state index contributed by atoms with van der Waals surface area (Å²) in [6.07, 6.45) is 2.33. The predicted molar refractivity (Wildman–Crippen MR) is 126 cm³/mol. The van der Waals surface area contributed by atoms with Gasteiger partial charge in [0.25, 0.3) is 5.91 Å². The van der Waals surface area contributed by atoms with E-state index in [1.807, 2.05) is 23.1 Å². The highest BCUT2D eigenvalue weighted by atomic mass is 19.1. The van der Waals surface area contributed by atoms with Gasteiger partial charge in [-0.3, -0.25) is 9.59 Å². The van der Waals surface area contributed by atoms with Crippen LogP contribution in [-0.4, -0.2) is 56.5 Å². The molecule has 1 aliphatic carbocycles. The molecular formula is C25H31FN4O3. The van der Waals surface area contributed by atoms with Gasteiger partial charge >= 0.3 is 0 Å². The molecular weight excluding hydrogens is 423 g/mol. The van der Waals surface area contributed by atoms with Crippen LogP contribution in [0.3, 0.4) is 0 Å². The highest BCUT2D eigenvalue weighted by Crippen LogP contribution is 2.29. The largest absolute Gasteiger partial charge is 0.494 e. The highest BCUT2D eigenvalue weighted by Gasteiger charge is 2.25. The predicted octanol–water partition coefficient (Wildman–Crippen LogP) is 3.25. The number of nitrogens with zero attached hydrogens (tertiary/aromatic N) is 2. The van der Waals surface area contributed by atoms with Crippen molar-refractivity contribution in [1.29, 1.82) is 0 Å². The summed E-state index contributed by atoms with van der Waals surface area (Å²) in [5.74, 6) is 0.374. The maximum absolute atomic E-state index is 14.0. The number of rotatable bonds is 8. The maximum Gasteiger partial charge on any atom is 0.253 e. The van der Waals surface area contributed by atoms with Crippen LogP contribution in [0, 0.1) is 11.7 Å². The molecule has 1 aliphatic heterocycles. The van der Waals surface area contributed by atoms with Crippen LogP contribution in [0.15, 0.2) is 36.4 Å². The molecule has 0 unspecified atom stereocenters. The number of nitrogens with one attached hydrogen (secondary N) is 2. The average molecular weight is 455 g/mol. The Bertz CT molecular complexity index is 1020. The third kappa shape index (κ3) is 5.74. The van der Waals surface area contributed by atoms with Gasteiger partial charge in [0.2, 0.25) is 5.91 Å². The molecule has 0 spiro atoms. The molecule has 2 N–H and O–H groups in total. The van der Waals surface area contributed by atoms with Gasteiger partial charge < -0.3 is 25.2 Å². The Hall–Kier alpha value is -3.29. The van der Waals surface area contributed by atoms with E-state index in [9.17, 15) is 14.0 Å². The van der Waals surface area contributed by atoms with Crippen molar-refractivity contribution in [2.24, 2.45) is 5.92 Å². The summed E-state index contributed by atoms with van der Waals surface area (Å²) >= 11 is 0. The molecule has 7 nitrogen and oxygen atoms in total. The molecule has 0 radical (unpaired) electrons. The number of piperazine rings is 1. The van der Waals surface area contributed by atoms with Gasteiger partial charge in [-0.1, -0.05) is 6.07 Å². The molecule has 2 fully saturated rings. The second kappa shape index (κ2) is 10.1. The summed E-state index contributed by atoms with van der Waals surface area (Å²) in [4.78, 5) is 28.7. The molecule has 0 bridgehead atoms. The number of carbonyl (C=O) groups is 2. The lowest BCUT2D eigenvalue weighted by molar-refractivity contribution is -0.129. The molecule has 1 saturated heterocycles. The summed E-state index contributed by atoms with van der Waals surface area (Å²) < 4.78 is 19.0. The van der Waals surface area contributed by atoms with Gasteiger partial charge in [0.05, 0.1) is 12.7 Å². The zero-order chi connectivity index (χ0) is 23.4. The minimum Gasteiger partial charge on any atom is -0.494 e. The van der Waals surface area contributed by atoms with E-state index in [4.69, 9.17) is 4.74 Å². The summed E-state index contributed by atoms with van der Waals surface area (Å²) in [6.45, 7) is 5.34. The molecule has 33 heavy (non-hydrogen) atoms. The first-order valence-corrected chi connectivity index (χ1v) is 11.4. The lowest BCUT2D eigenvalue weighted by Crippen LogP contribution is -2.48. The van der Waals surface area contributed by atoms with E-state index < -0.39 is 5.82 Å². The molecule has 4 rings (SSSR count). The van der Waals surface area contributed by atoms with Gasteiger partial charge in [-0.05, 0) is 54.7 Å². The fourth-order valence-electron chi connectivity index (χ4n) is 4.04. The average Bonchev–Trinajstić information content (AvgIpc) is 3.66. The third-order valence-electron chi connectivity index (χ3n) is 6.27. The smallest absolute Gasteiger partial charge is 0.253 e. The minimum atomic E-state index is -0.406. The second-order valence-electron chi connectivity index (χ2n) is 8.70. The SMILES string of the molecule is COc1ccc(CNc2ccc(N3CCN(C(C)=O)CC3)c(C(=O)NCC3CC3)c2)cc1F. The van der Waals surface area contributed by atoms with Crippen molar-refractivity contribution in [2.75, 3.05) is 50.1 Å². The van der Waals surface area contributed by atoms with Gasteiger partial charge in [-0.25, -0.2) is 4.39 Å². The molecule has 2 aromatic carbocycles. The standard InChI is InChI=1S/C25H31FN4O3/c1-17(31)29-9-11-30(12-10-29)23-7-6-20(14-21(23)25(32)28-15-18-3-4-18)27-16-19-5-8-24(33-2)22(26)13-19/h5-8,13-14,18,27H,3-4,9-12,15-16H2,1-2H3,(H,28,32). The Kier molecular flexibility index (Phi) is 7.01. The molecule has 2 aliphatic rings. The summed E-state index contributed by atoms with van der Waals surface area (Å²) in [5, 5.41) is 6.36. The number of benzene rings is 2. The van der Waals surface area contributed by atoms with E-state index in [1.54, 1.807) is 19.1 Å². The molecule has 1 heterocycles. The van der Waals surface area contributed by atoms with Gasteiger partial charge in [-0.15, -0.1) is 0 Å². The molecule has 176 valence electrons. The van der Waals surface area contributed by atoms with Crippen LogP contribution in [0.25, 0.3) is 0 Å². The van der Waals surface area contributed by atoms with Crippen LogP contribution < -0.4 is 20.3 Å². The van der Waals surface area contributed by atoms with E-state index >= 15 is 0 Å². The lowest BCUT2D eigenvalue weighted by atomic mass is 10.1. The first-order valence-electron chi connectivity index (χ1n) is 11.4. The van der Waals surface area contributed by atoms with Crippen molar-refractivity contribution >= 4 is 23.2 Å². The van der Waals surface area contributed by atoms with Crippen molar-refractivity contribution in [3.05, 3.63) is 53.3 Å². The first kappa shape index (κ1) is 22.9. The van der Waals surface area contributed by atoms with E-state index in [2.05, 4.69) is 15.5 Å². The van der Waals surface area contributed by atoms with Crippen LogP contribution in [-0.2, 0) is 11.3 Å². The quantitative estimate of drug-likeness (QED) is 0.641. The van der Waals surface area contributed by atoms with Gasteiger partial charge in [0.1, 0.15) is 0 Å². The zero-order valence-corrected chi connectivity index (χ0v) is 19.2. The Morgan fingerprint density at radius 2 is 1.85 bits per heavy atom. The van der Waals surface area contributed by atoms with Gasteiger partial charge in [0, 0.05) is 57.6 Å². The molecule has 2 aromatic rings. The normalized spacial score (nSPS) is 15.8. The van der Waals surface area contributed by atoms with Crippen LogP contribution in [0.4, 0.5) is 15.8 Å². The summed E-state index contributed by atoms with van der Waals surface area (Å²) in [6, 6.07) is 10.6. The third-order valence-corrected chi connectivity index (χ3v) is 6.27. The lowest BCUT2D eigenvalue weighted by Gasteiger charge is -2.36. The van der Waals surface area contributed by atoms with E-state index in [0.29, 0.717) is 50.7 Å². The number of anilines is 2. The first-order chi connectivity index (χ1) is 15.9. The Balaban J connectivity index is 1.50. The molecule has 0 aromatic heterocycles. The monoisotopic (exact) mass is 454 g/mol. The Morgan fingerprint density at radius 1 is 1.09 bits per heavy atom. The maximum atomic E-state index is 14.0. The minimum absolute atomic E-state index is 0.0755. The molecule has 1 saturated carbocycles. The van der Waals surface area contributed by atoms with Gasteiger partial charge in [0.15, 0.2) is 11.6 Å². The number of ether oxygens (including phenoxy) is 1.